The first kappa shape index (κ1) is 15.4. The zero-order chi connectivity index (χ0) is 14.5. The number of urea groups is 1. The van der Waals surface area contributed by atoms with Crippen molar-refractivity contribution in [3.63, 3.8) is 0 Å². The lowest BCUT2D eigenvalue weighted by Crippen LogP contribution is -2.58. The average Bonchev–Trinajstić information content (AvgIpc) is 2.39. The highest BCUT2D eigenvalue weighted by Gasteiger charge is 2.43. The first-order valence-electron chi connectivity index (χ1n) is 6.65. The van der Waals surface area contributed by atoms with Crippen LogP contribution in [0.3, 0.4) is 0 Å². The maximum atomic E-state index is 11.9. The van der Waals surface area contributed by atoms with Crippen LogP contribution in [-0.2, 0) is 4.79 Å². The number of carboxylic acid groups (broad SMARTS) is 1. The summed E-state index contributed by atoms with van der Waals surface area (Å²) in [6, 6.07) is -0.421. The van der Waals surface area contributed by atoms with Crippen LogP contribution in [-0.4, -0.2) is 41.1 Å². The number of carbonyl (C=O) groups is 2. The van der Waals surface area contributed by atoms with Gasteiger partial charge in [0.15, 0.2) is 0 Å². The largest absolute Gasteiger partial charge is 0.480 e. The van der Waals surface area contributed by atoms with Gasteiger partial charge in [0.2, 0.25) is 0 Å². The highest BCUT2D eigenvalue weighted by atomic mass is 16.4. The number of carbonyl (C=O) groups excluding carboxylic acids is 1. The van der Waals surface area contributed by atoms with Gasteiger partial charge in [0.1, 0.15) is 5.54 Å². The summed E-state index contributed by atoms with van der Waals surface area (Å²) in [5, 5.41) is 12.1. The minimum atomic E-state index is -1.13. The van der Waals surface area contributed by atoms with Gasteiger partial charge in [-0.2, -0.15) is 0 Å². The zero-order valence-electron chi connectivity index (χ0n) is 11.6. The molecule has 106 valence electrons. The first-order valence-corrected chi connectivity index (χ1v) is 6.65. The fourth-order valence-corrected chi connectivity index (χ4v) is 2.48. The molecular weight excluding hydrogens is 244 g/mol. The van der Waals surface area contributed by atoms with E-state index in [0.29, 0.717) is 18.8 Å². The van der Waals surface area contributed by atoms with Crippen LogP contribution in [0.4, 0.5) is 4.79 Å². The number of rotatable bonds is 4. The lowest BCUT2D eigenvalue weighted by Gasteiger charge is -2.38. The van der Waals surface area contributed by atoms with E-state index >= 15 is 0 Å². The van der Waals surface area contributed by atoms with Crippen molar-refractivity contribution in [2.45, 2.75) is 44.6 Å². The van der Waals surface area contributed by atoms with Gasteiger partial charge >= 0.3 is 12.0 Å². The van der Waals surface area contributed by atoms with E-state index in [4.69, 9.17) is 6.42 Å². The minimum Gasteiger partial charge on any atom is -0.480 e. The van der Waals surface area contributed by atoms with Crippen LogP contribution in [0.15, 0.2) is 0 Å². The van der Waals surface area contributed by atoms with Crippen molar-refractivity contribution in [3.05, 3.63) is 0 Å². The SMILES string of the molecule is C#CCN(C)C(=O)NC1(C(=O)O)CCC(CC)CC1. The molecule has 2 N–H and O–H groups in total. The summed E-state index contributed by atoms with van der Waals surface area (Å²) in [6.07, 6.45) is 8.83. The van der Waals surface area contributed by atoms with E-state index in [1.54, 1.807) is 7.05 Å². The van der Waals surface area contributed by atoms with Crippen molar-refractivity contribution in [1.82, 2.24) is 10.2 Å². The Morgan fingerprint density at radius 2 is 2.05 bits per heavy atom. The molecule has 1 saturated carbocycles. The number of terminal acetylenes is 1. The fraction of sp³-hybridized carbons (Fsp3) is 0.714. The molecule has 0 atom stereocenters. The lowest BCUT2D eigenvalue weighted by atomic mass is 9.75. The molecule has 0 aromatic rings. The molecule has 0 radical (unpaired) electrons. The summed E-state index contributed by atoms with van der Waals surface area (Å²) in [5.74, 6) is 1.97. The molecule has 0 aromatic carbocycles. The van der Waals surface area contributed by atoms with E-state index in [1.807, 2.05) is 0 Å². The molecule has 0 saturated heterocycles. The van der Waals surface area contributed by atoms with Gasteiger partial charge in [-0.15, -0.1) is 6.42 Å². The second kappa shape index (κ2) is 6.46. The van der Waals surface area contributed by atoms with E-state index in [2.05, 4.69) is 18.2 Å². The maximum Gasteiger partial charge on any atom is 0.329 e. The lowest BCUT2D eigenvalue weighted by molar-refractivity contribution is -0.146. The standard InChI is InChI=1S/C14H22N2O3/c1-4-10-16(3)13(19)15-14(12(17)18)8-6-11(5-2)7-9-14/h1,11H,5-10H2,2-3H3,(H,15,19)(H,17,18). The highest BCUT2D eigenvalue weighted by molar-refractivity contribution is 5.86. The molecule has 0 spiro atoms. The molecule has 19 heavy (non-hydrogen) atoms. The van der Waals surface area contributed by atoms with Crippen molar-refractivity contribution in [2.75, 3.05) is 13.6 Å². The zero-order valence-corrected chi connectivity index (χ0v) is 11.6. The third-order valence-corrected chi connectivity index (χ3v) is 3.97. The Bertz CT molecular complexity index is 379. The fourth-order valence-electron chi connectivity index (χ4n) is 2.48. The van der Waals surface area contributed by atoms with Crippen LogP contribution in [0.25, 0.3) is 0 Å². The Labute approximate surface area is 114 Å². The maximum absolute atomic E-state index is 11.9. The summed E-state index contributed by atoms with van der Waals surface area (Å²) in [7, 11) is 1.56. The summed E-state index contributed by atoms with van der Waals surface area (Å²) in [4.78, 5) is 24.7. The quantitative estimate of drug-likeness (QED) is 0.761. The molecule has 2 amide bonds. The van der Waals surface area contributed by atoms with E-state index < -0.39 is 17.5 Å². The van der Waals surface area contributed by atoms with Gasteiger partial charge in [0.25, 0.3) is 0 Å². The van der Waals surface area contributed by atoms with Gasteiger partial charge in [-0.05, 0) is 31.6 Å². The van der Waals surface area contributed by atoms with E-state index in [9.17, 15) is 14.7 Å². The van der Waals surface area contributed by atoms with E-state index in [1.165, 1.54) is 4.90 Å². The van der Waals surface area contributed by atoms with Crippen LogP contribution < -0.4 is 5.32 Å². The Kier molecular flexibility index (Phi) is 5.22. The summed E-state index contributed by atoms with van der Waals surface area (Å²) >= 11 is 0. The topological polar surface area (TPSA) is 69.6 Å². The van der Waals surface area contributed by atoms with Gasteiger partial charge in [0.05, 0.1) is 6.54 Å². The Morgan fingerprint density at radius 3 is 2.47 bits per heavy atom. The van der Waals surface area contributed by atoms with Crippen LogP contribution in [0.1, 0.15) is 39.0 Å². The number of aliphatic carboxylic acids is 1. The summed E-state index contributed by atoms with van der Waals surface area (Å²) in [5.41, 5.74) is -1.13. The van der Waals surface area contributed by atoms with Crippen molar-refractivity contribution in [1.29, 1.82) is 0 Å². The van der Waals surface area contributed by atoms with Crippen LogP contribution >= 0.6 is 0 Å². The van der Waals surface area contributed by atoms with Crippen LogP contribution in [0, 0.1) is 18.3 Å². The summed E-state index contributed by atoms with van der Waals surface area (Å²) in [6.45, 7) is 2.27. The molecule has 5 heteroatoms. The smallest absolute Gasteiger partial charge is 0.329 e. The Hall–Kier alpha value is -1.70. The van der Waals surface area contributed by atoms with E-state index in [0.717, 1.165) is 19.3 Å². The van der Waals surface area contributed by atoms with Crippen molar-refractivity contribution in [3.8, 4) is 12.3 Å². The van der Waals surface area contributed by atoms with Crippen molar-refractivity contribution >= 4 is 12.0 Å². The average molecular weight is 266 g/mol. The number of nitrogens with one attached hydrogen (secondary N) is 1. The molecule has 1 aliphatic carbocycles. The number of hydrogen-bond acceptors (Lipinski definition) is 2. The van der Waals surface area contributed by atoms with Gasteiger partial charge in [0, 0.05) is 7.05 Å². The second-order valence-corrected chi connectivity index (χ2v) is 5.23. The van der Waals surface area contributed by atoms with Gasteiger partial charge in [-0.3, -0.25) is 0 Å². The Balaban J connectivity index is 2.72. The van der Waals surface area contributed by atoms with Gasteiger partial charge < -0.3 is 15.3 Å². The molecule has 0 bridgehead atoms. The Morgan fingerprint density at radius 1 is 1.47 bits per heavy atom. The van der Waals surface area contributed by atoms with E-state index in [-0.39, 0.29) is 6.54 Å². The molecule has 0 aliphatic heterocycles. The highest BCUT2D eigenvalue weighted by Crippen LogP contribution is 2.34. The molecule has 1 fully saturated rings. The predicted molar refractivity (Wildman–Crippen MR) is 72.6 cm³/mol. The predicted octanol–water partition coefficient (Wildman–Crippen LogP) is 1.68. The monoisotopic (exact) mass is 266 g/mol. The van der Waals surface area contributed by atoms with Gasteiger partial charge in [-0.25, -0.2) is 9.59 Å². The summed E-state index contributed by atoms with van der Waals surface area (Å²) < 4.78 is 0. The van der Waals surface area contributed by atoms with Crippen LogP contribution in [0.5, 0.6) is 0 Å². The molecule has 0 heterocycles. The third kappa shape index (κ3) is 3.63. The van der Waals surface area contributed by atoms with Crippen molar-refractivity contribution in [2.24, 2.45) is 5.92 Å². The molecule has 0 aromatic heterocycles. The molecule has 1 rings (SSSR count). The van der Waals surface area contributed by atoms with Crippen LogP contribution in [0.2, 0.25) is 0 Å². The molecular formula is C14H22N2O3. The molecule has 5 nitrogen and oxygen atoms in total. The van der Waals surface area contributed by atoms with Gasteiger partial charge in [-0.1, -0.05) is 19.3 Å². The number of hydrogen-bond donors (Lipinski definition) is 2. The minimum absolute atomic E-state index is 0.166. The second-order valence-electron chi connectivity index (χ2n) is 5.23. The third-order valence-electron chi connectivity index (χ3n) is 3.97. The molecule has 0 unspecified atom stereocenters. The number of amides is 2. The molecule has 1 aliphatic rings. The number of nitrogens with zero attached hydrogens (tertiary/aromatic N) is 1. The number of carboxylic acids is 1. The normalized spacial score (nSPS) is 26.3. The first-order chi connectivity index (χ1) is 8.95. The van der Waals surface area contributed by atoms with Crippen molar-refractivity contribution < 1.29 is 14.7 Å².